The van der Waals surface area contributed by atoms with Crippen LogP contribution in [-0.2, 0) is 4.74 Å². The topological polar surface area (TPSA) is 81.5 Å². The maximum absolute atomic E-state index is 12.0. The number of amides is 1. The lowest BCUT2D eigenvalue weighted by molar-refractivity contribution is -0.385. The molecule has 0 radical (unpaired) electrons. The minimum absolute atomic E-state index is 0.115. The van der Waals surface area contributed by atoms with Gasteiger partial charge in [0.05, 0.1) is 10.5 Å². The fourth-order valence-electron chi connectivity index (χ4n) is 1.84. The van der Waals surface area contributed by atoms with E-state index < -0.39 is 4.92 Å². The van der Waals surface area contributed by atoms with Gasteiger partial charge in [-0.1, -0.05) is 6.07 Å². The van der Waals surface area contributed by atoms with E-state index in [4.69, 9.17) is 4.74 Å². The van der Waals surface area contributed by atoms with Crippen molar-refractivity contribution in [3.8, 4) is 0 Å². The van der Waals surface area contributed by atoms with Crippen LogP contribution in [0, 0.1) is 16.0 Å². The molecule has 0 bridgehead atoms. The zero-order chi connectivity index (χ0) is 15.2. The summed E-state index contributed by atoms with van der Waals surface area (Å²) >= 11 is 3.11. The highest BCUT2D eigenvalue weighted by Gasteiger charge is 2.21. The van der Waals surface area contributed by atoms with Crippen LogP contribution in [0.5, 0.6) is 0 Å². The van der Waals surface area contributed by atoms with Gasteiger partial charge in [-0.25, -0.2) is 0 Å². The second-order valence-electron chi connectivity index (χ2n) is 5.02. The molecule has 1 aromatic carbocycles. The Morgan fingerprint density at radius 2 is 2.24 bits per heavy atom. The van der Waals surface area contributed by atoms with Crippen LogP contribution >= 0.6 is 15.9 Å². The fraction of sp³-hybridized carbons (Fsp3) is 0.500. The molecule has 0 aliphatic heterocycles. The highest BCUT2D eigenvalue weighted by Crippen LogP contribution is 2.29. The highest BCUT2D eigenvalue weighted by molar-refractivity contribution is 9.10. The Hall–Kier alpha value is -1.47. The summed E-state index contributed by atoms with van der Waals surface area (Å²) in [5, 5.41) is 13.6. The number of nitrogens with one attached hydrogen (secondary N) is 1. The number of nitro groups is 1. The summed E-state index contributed by atoms with van der Waals surface area (Å²) in [5.74, 6) is 0.410. The second-order valence-corrected chi connectivity index (χ2v) is 5.82. The lowest BCUT2D eigenvalue weighted by Crippen LogP contribution is -2.25. The van der Waals surface area contributed by atoms with Gasteiger partial charge < -0.3 is 10.1 Å². The molecule has 7 heteroatoms. The fourth-order valence-corrected chi connectivity index (χ4v) is 2.43. The van der Waals surface area contributed by atoms with E-state index in [1.165, 1.54) is 25.0 Å². The normalized spacial score (nSPS) is 14.0. The third-order valence-electron chi connectivity index (χ3n) is 3.22. The Kier molecular flexibility index (Phi) is 5.69. The van der Waals surface area contributed by atoms with Crippen molar-refractivity contribution in [3.63, 3.8) is 0 Å². The first kappa shape index (κ1) is 15.9. The SMILES string of the molecule is O=C(NCCCOCC1CC1)c1cccc([N+](=O)[O-])c1Br. The van der Waals surface area contributed by atoms with Crippen LogP contribution < -0.4 is 5.32 Å². The zero-order valence-corrected chi connectivity index (χ0v) is 13.1. The number of rotatable bonds is 8. The third-order valence-corrected chi connectivity index (χ3v) is 4.05. The van der Waals surface area contributed by atoms with Crippen LogP contribution in [0.1, 0.15) is 29.6 Å². The Morgan fingerprint density at radius 3 is 2.90 bits per heavy atom. The number of nitro benzene ring substituents is 1. The number of ether oxygens (including phenoxy) is 1. The average Bonchev–Trinajstić information content (AvgIpc) is 3.26. The van der Waals surface area contributed by atoms with Crippen LogP contribution in [0.4, 0.5) is 5.69 Å². The van der Waals surface area contributed by atoms with Crippen LogP contribution in [0.15, 0.2) is 22.7 Å². The molecule has 0 spiro atoms. The van der Waals surface area contributed by atoms with Gasteiger partial charge in [0.25, 0.3) is 11.6 Å². The molecule has 1 aromatic rings. The van der Waals surface area contributed by atoms with Gasteiger partial charge in [-0.3, -0.25) is 14.9 Å². The minimum Gasteiger partial charge on any atom is -0.381 e. The minimum atomic E-state index is -0.521. The van der Waals surface area contributed by atoms with E-state index in [-0.39, 0.29) is 21.6 Å². The second kappa shape index (κ2) is 7.51. The Bertz CT molecular complexity index is 532. The summed E-state index contributed by atoms with van der Waals surface area (Å²) < 4.78 is 5.68. The lowest BCUT2D eigenvalue weighted by atomic mass is 10.2. The summed E-state index contributed by atoms with van der Waals surface area (Å²) in [4.78, 5) is 22.3. The maximum Gasteiger partial charge on any atom is 0.284 e. The number of hydrogen-bond donors (Lipinski definition) is 1. The largest absolute Gasteiger partial charge is 0.381 e. The van der Waals surface area contributed by atoms with Crippen molar-refractivity contribution in [1.82, 2.24) is 5.32 Å². The van der Waals surface area contributed by atoms with Gasteiger partial charge in [0, 0.05) is 25.8 Å². The molecule has 1 amide bonds. The quantitative estimate of drug-likeness (QED) is 0.441. The van der Waals surface area contributed by atoms with Crippen molar-refractivity contribution in [2.75, 3.05) is 19.8 Å². The summed E-state index contributed by atoms with van der Waals surface area (Å²) in [7, 11) is 0. The van der Waals surface area contributed by atoms with Gasteiger partial charge in [-0.05, 0) is 47.2 Å². The van der Waals surface area contributed by atoms with E-state index in [9.17, 15) is 14.9 Å². The summed E-state index contributed by atoms with van der Waals surface area (Å²) in [6.45, 7) is 1.91. The molecule has 2 rings (SSSR count). The van der Waals surface area contributed by atoms with Crippen molar-refractivity contribution >= 4 is 27.5 Å². The van der Waals surface area contributed by atoms with Crippen molar-refractivity contribution < 1.29 is 14.5 Å². The Morgan fingerprint density at radius 1 is 1.48 bits per heavy atom. The van der Waals surface area contributed by atoms with Crippen LogP contribution in [0.3, 0.4) is 0 Å². The van der Waals surface area contributed by atoms with E-state index >= 15 is 0 Å². The van der Waals surface area contributed by atoms with Crippen molar-refractivity contribution in [3.05, 3.63) is 38.3 Å². The zero-order valence-electron chi connectivity index (χ0n) is 11.5. The molecule has 1 aliphatic rings. The standard InChI is InChI=1S/C14H17BrN2O4/c15-13-11(3-1-4-12(13)17(19)20)14(18)16-7-2-8-21-9-10-5-6-10/h1,3-4,10H,2,5-9H2,(H,16,18). The summed E-state index contributed by atoms with van der Waals surface area (Å²) in [5.41, 5.74) is 0.151. The first-order valence-corrected chi connectivity index (χ1v) is 7.67. The van der Waals surface area contributed by atoms with Gasteiger partial charge in [0.1, 0.15) is 4.47 Å². The smallest absolute Gasteiger partial charge is 0.284 e. The number of carbonyl (C=O) groups is 1. The number of nitrogens with zero attached hydrogens (tertiary/aromatic N) is 1. The van der Waals surface area contributed by atoms with Crippen molar-refractivity contribution in [2.24, 2.45) is 5.92 Å². The van der Waals surface area contributed by atoms with Crippen molar-refractivity contribution in [2.45, 2.75) is 19.3 Å². The Labute approximate surface area is 131 Å². The van der Waals surface area contributed by atoms with E-state index in [1.54, 1.807) is 6.07 Å². The van der Waals surface area contributed by atoms with E-state index in [0.29, 0.717) is 13.2 Å². The van der Waals surface area contributed by atoms with E-state index in [1.807, 2.05) is 0 Å². The lowest BCUT2D eigenvalue weighted by Gasteiger charge is -2.07. The van der Waals surface area contributed by atoms with E-state index in [2.05, 4.69) is 21.2 Å². The average molecular weight is 357 g/mol. The molecule has 0 aromatic heterocycles. The maximum atomic E-state index is 12.0. The molecule has 1 fully saturated rings. The third kappa shape index (κ3) is 4.78. The summed E-state index contributed by atoms with van der Waals surface area (Å²) in [6, 6.07) is 4.40. The Balaban J connectivity index is 1.77. The molecule has 0 atom stereocenters. The van der Waals surface area contributed by atoms with Crippen LogP contribution in [-0.4, -0.2) is 30.6 Å². The predicted octanol–water partition coefficient (Wildman–Crippen LogP) is 2.90. The van der Waals surface area contributed by atoms with Gasteiger partial charge in [-0.2, -0.15) is 0 Å². The van der Waals surface area contributed by atoms with E-state index in [0.717, 1.165) is 18.9 Å². The molecule has 114 valence electrons. The molecular formula is C14H17BrN2O4. The molecule has 0 saturated heterocycles. The molecule has 1 N–H and O–H groups in total. The predicted molar refractivity (Wildman–Crippen MR) is 81.3 cm³/mol. The molecule has 6 nitrogen and oxygen atoms in total. The number of hydrogen-bond acceptors (Lipinski definition) is 4. The number of halogens is 1. The molecule has 0 heterocycles. The molecule has 21 heavy (non-hydrogen) atoms. The van der Waals surface area contributed by atoms with Gasteiger partial charge in [-0.15, -0.1) is 0 Å². The first-order valence-electron chi connectivity index (χ1n) is 6.88. The molecule has 0 unspecified atom stereocenters. The van der Waals surface area contributed by atoms with Gasteiger partial charge in [0.2, 0.25) is 0 Å². The molecule has 1 saturated carbocycles. The molecule has 1 aliphatic carbocycles. The van der Waals surface area contributed by atoms with Gasteiger partial charge >= 0.3 is 0 Å². The van der Waals surface area contributed by atoms with Crippen molar-refractivity contribution in [1.29, 1.82) is 0 Å². The highest BCUT2D eigenvalue weighted by atomic mass is 79.9. The molecular weight excluding hydrogens is 340 g/mol. The van der Waals surface area contributed by atoms with Gasteiger partial charge in [0.15, 0.2) is 0 Å². The monoisotopic (exact) mass is 356 g/mol. The van der Waals surface area contributed by atoms with Crippen LogP contribution in [0.2, 0.25) is 0 Å². The number of carbonyl (C=O) groups excluding carboxylic acids is 1. The summed E-state index contributed by atoms with van der Waals surface area (Å²) in [6.07, 6.45) is 3.25. The van der Waals surface area contributed by atoms with Crippen LogP contribution in [0.25, 0.3) is 0 Å². The number of benzene rings is 1. The first-order chi connectivity index (χ1) is 10.1.